The molecule has 0 spiro atoms. The van der Waals surface area contributed by atoms with Gasteiger partial charge >= 0.3 is 6.18 Å². The molecule has 9 heteroatoms. The molecule has 2 aromatic rings. The Hall–Kier alpha value is -2.04. The van der Waals surface area contributed by atoms with Crippen molar-refractivity contribution in [2.45, 2.75) is 39.0 Å². The number of pyridine rings is 1. The monoisotopic (exact) mass is 522 g/mol. The van der Waals surface area contributed by atoms with Gasteiger partial charge in [0.2, 0.25) is 5.56 Å². The summed E-state index contributed by atoms with van der Waals surface area (Å²) in [6, 6.07) is 10.1. The SMILES string of the molecule is CCNC(=NCc1ccc(C(F)(F)F)cc1)NCCCCn1ccccc1=O.I. The van der Waals surface area contributed by atoms with E-state index < -0.39 is 11.7 Å². The molecule has 2 N–H and O–H groups in total. The van der Waals surface area contributed by atoms with E-state index in [9.17, 15) is 18.0 Å². The number of unbranched alkanes of at least 4 members (excludes halogenated alkanes) is 1. The highest BCUT2D eigenvalue weighted by atomic mass is 127. The summed E-state index contributed by atoms with van der Waals surface area (Å²) in [6.45, 7) is 4.24. The minimum atomic E-state index is -4.33. The van der Waals surface area contributed by atoms with E-state index in [-0.39, 0.29) is 36.1 Å². The Balaban J connectivity index is 0.00000420. The summed E-state index contributed by atoms with van der Waals surface area (Å²) in [5.41, 5.74) is 0.0262. The average Bonchev–Trinajstić information content (AvgIpc) is 2.66. The number of aliphatic imine (C=N–C) groups is 1. The summed E-state index contributed by atoms with van der Waals surface area (Å²) in [5.74, 6) is 0.610. The molecule has 1 heterocycles. The zero-order chi connectivity index (χ0) is 20.4. The highest BCUT2D eigenvalue weighted by Crippen LogP contribution is 2.29. The molecule has 0 fully saturated rings. The molecule has 0 saturated carbocycles. The van der Waals surface area contributed by atoms with E-state index in [4.69, 9.17) is 0 Å². The van der Waals surface area contributed by atoms with Gasteiger partial charge < -0.3 is 15.2 Å². The number of aromatic nitrogens is 1. The van der Waals surface area contributed by atoms with Crippen LogP contribution in [0.1, 0.15) is 30.9 Å². The first-order valence-electron chi connectivity index (χ1n) is 9.24. The summed E-state index contributed by atoms with van der Waals surface area (Å²) in [6.07, 6.45) is -0.865. The molecule has 0 aliphatic rings. The Bertz CT molecular complexity index is 819. The van der Waals surface area contributed by atoms with Gasteiger partial charge in [0, 0.05) is 31.9 Å². The minimum absolute atomic E-state index is 0. The maximum Gasteiger partial charge on any atom is 0.416 e. The molecule has 0 amide bonds. The quantitative estimate of drug-likeness (QED) is 0.239. The predicted molar refractivity (Wildman–Crippen MR) is 120 cm³/mol. The van der Waals surface area contributed by atoms with Crippen LogP contribution in [-0.4, -0.2) is 23.6 Å². The van der Waals surface area contributed by atoms with Gasteiger partial charge in [-0.25, -0.2) is 4.99 Å². The summed E-state index contributed by atoms with van der Waals surface area (Å²) in [5, 5.41) is 6.31. The van der Waals surface area contributed by atoms with Gasteiger partial charge in [-0.3, -0.25) is 4.79 Å². The van der Waals surface area contributed by atoms with Crippen molar-refractivity contribution in [2.75, 3.05) is 13.1 Å². The third-order valence-corrected chi connectivity index (χ3v) is 4.06. The number of hydrogen-bond donors (Lipinski definition) is 2. The molecule has 1 aromatic heterocycles. The fourth-order valence-corrected chi connectivity index (χ4v) is 2.57. The number of alkyl halides is 3. The maximum absolute atomic E-state index is 12.6. The van der Waals surface area contributed by atoms with Crippen molar-refractivity contribution in [2.24, 2.45) is 4.99 Å². The maximum atomic E-state index is 12.6. The lowest BCUT2D eigenvalue weighted by Crippen LogP contribution is -2.37. The van der Waals surface area contributed by atoms with Gasteiger partial charge in [-0.2, -0.15) is 13.2 Å². The highest BCUT2D eigenvalue weighted by Gasteiger charge is 2.29. The van der Waals surface area contributed by atoms with Gasteiger partial charge in [0.25, 0.3) is 0 Å². The average molecular weight is 522 g/mol. The van der Waals surface area contributed by atoms with Crippen LogP contribution in [0, 0.1) is 0 Å². The molecule has 2 rings (SSSR count). The summed E-state index contributed by atoms with van der Waals surface area (Å²) in [4.78, 5) is 16.0. The number of rotatable bonds is 8. The Morgan fingerprint density at radius 2 is 1.79 bits per heavy atom. The van der Waals surface area contributed by atoms with Crippen LogP contribution >= 0.6 is 24.0 Å². The number of halogens is 4. The molecule has 0 unspecified atom stereocenters. The van der Waals surface area contributed by atoms with Gasteiger partial charge in [-0.05, 0) is 43.5 Å². The Kier molecular flexibility index (Phi) is 10.8. The molecule has 160 valence electrons. The number of benzene rings is 1. The second-order valence-electron chi connectivity index (χ2n) is 6.26. The predicted octanol–water partition coefficient (Wildman–Crippen LogP) is 4.02. The summed E-state index contributed by atoms with van der Waals surface area (Å²) >= 11 is 0. The van der Waals surface area contributed by atoms with E-state index in [1.807, 2.05) is 13.0 Å². The Labute approximate surface area is 185 Å². The van der Waals surface area contributed by atoms with Crippen LogP contribution in [0.2, 0.25) is 0 Å². The molecule has 0 aliphatic carbocycles. The second kappa shape index (κ2) is 12.5. The van der Waals surface area contributed by atoms with Gasteiger partial charge in [0.1, 0.15) is 0 Å². The highest BCUT2D eigenvalue weighted by molar-refractivity contribution is 14.0. The summed E-state index contributed by atoms with van der Waals surface area (Å²) < 4.78 is 39.5. The standard InChI is InChI=1S/C20H25F3N4O.HI/c1-2-24-19(25-12-4-6-14-27-13-5-3-7-18(27)28)26-15-16-8-10-17(11-9-16)20(21,22)23;/h3,5,7-11,13H,2,4,6,12,14-15H2,1H3,(H2,24,25,26);1H. The lowest BCUT2D eigenvalue weighted by Gasteiger charge is -2.12. The van der Waals surface area contributed by atoms with Crippen LogP contribution < -0.4 is 16.2 Å². The van der Waals surface area contributed by atoms with Crippen molar-refractivity contribution in [1.29, 1.82) is 0 Å². The van der Waals surface area contributed by atoms with Crippen LogP contribution in [0.4, 0.5) is 13.2 Å². The van der Waals surface area contributed by atoms with Crippen molar-refractivity contribution in [1.82, 2.24) is 15.2 Å². The second-order valence-corrected chi connectivity index (χ2v) is 6.26. The molecule has 29 heavy (non-hydrogen) atoms. The molecular weight excluding hydrogens is 496 g/mol. The third-order valence-electron chi connectivity index (χ3n) is 4.06. The van der Waals surface area contributed by atoms with E-state index in [2.05, 4.69) is 15.6 Å². The zero-order valence-corrected chi connectivity index (χ0v) is 18.5. The summed E-state index contributed by atoms with van der Waals surface area (Å²) in [7, 11) is 0. The van der Waals surface area contributed by atoms with Crippen molar-refractivity contribution in [3.05, 3.63) is 70.1 Å². The molecule has 0 bridgehead atoms. The van der Waals surface area contributed by atoms with Crippen LogP contribution in [0.3, 0.4) is 0 Å². The first-order chi connectivity index (χ1) is 13.4. The smallest absolute Gasteiger partial charge is 0.357 e. The van der Waals surface area contributed by atoms with Crippen LogP contribution in [-0.2, 0) is 19.3 Å². The first-order valence-corrected chi connectivity index (χ1v) is 9.24. The number of guanidine groups is 1. The van der Waals surface area contributed by atoms with Crippen LogP contribution in [0.15, 0.2) is 58.4 Å². The van der Waals surface area contributed by atoms with Crippen molar-refractivity contribution < 1.29 is 13.2 Å². The van der Waals surface area contributed by atoms with E-state index in [1.54, 1.807) is 16.8 Å². The van der Waals surface area contributed by atoms with Gasteiger partial charge in [-0.1, -0.05) is 18.2 Å². The topological polar surface area (TPSA) is 58.4 Å². The van der Waals surface area contributed by atoms with Gasteiger partial charge in [0.05, 0.1) is 12.1 Å². The van der Waals surface area contributed by atoms with E-state index in [0.29, 0.717) is 31.2 Å². The molecular formula is C20H26F3IN4O. The molecule has 1 aromatic carbocycles. The molecule has 0 atom stereocenters. The normalized spacial score (nSPS) is 11.7. The molecule has 0 saturated heterocycles. The van der Waals surface area contributed by atoms with Gasteiger partial charge in [0.15, 0.2) is 5.96 Å². The lowest BCUT2D eigenvalue weighted by molar-refractivity contribution is -0.137. The molecule has 5 nitrogen and oxygen atoms in total. The van der Waals surface area contributed by atoms with Crippen molar-refractivity contribution in [3.8, 4) is 0 Å². The van der Waals surface area contributed by atoms with E-state index in [1.165, 1.54) is 18.2 Å². The van der Waals surface area contributed by atoms with Crippen molar-refractivity contribution in [3.63, 3.8) is 0 Å². The van der Waals surface area contributed by atoms with Gasteiger partial charge in [-0.15, -0.1) is 24.0 Å². The van der Waals surface area contributed by atoms with E-state index >= 15 is 0 Å². The number of nitrogens with one attached hydrogen (secondary N) is 2. The number of aryl methyl sites for hydroxylation is 1. The molecule has 0 aliphatic heterocycles. The van der Waals surface area contributed by atoms with Crippen LogP contribution in [0.5, 0.6) is 0 Å². The Morgan fingerprint density at radius 1 is 1.07 bits per heavy atom. The number of hydrogen-bond acceptors (Lipinski definition) is 2. The van der Waals surface area contributed by atoms with E-state index in [0.717, 1.165) is 25.0 Å². The first kappa shape index (κ1) is 25.0. The van der Waals surface area contributed by atoms with Crippen LogP contribution in [0.25, 0.3) is 0 Å². The minimum Gasteiger partial charge on any atom is -0.357 e. The molecule has 0 radical (unpaired) electrons. The van der Waals surface area contributed by atoms with Crippen molar-refractivity contribution >= 4 is 29.9 Å². The lowest BCUT2D eigenvalue weighted by atomic mass is 10.1. The fraction of sp³-hybridized carbons (Fsp3) is 0.400. The Morgan fingerprint density at radius 3 is 2.41 bits per heavy atom. The third kappa shape index (κ3) is 8.88. The number of nitrogens with zero attached hydrogens (tertiary/aromatic N) is 2. The zero-order valence-electron chi connectivity index (χ0n) is 16.2. The fourth-order valence-electron chi connectivity index (χ4n) is 2.57. The largest absolute Gasteiger partial charge is 0.416 e.